The minimum Gasteiger partial charge on any atom is -0.494 e. The number of carbonyl (C=O) groups is 1. The standard InChI is InChI=1S/C25H26ClNO4S/c1-18-6-4-7-22(16-18)31-15-5-8-25(28)27(24-17-19(2)9-10-20(24)3)32(29,30)23-13-11-21(26)12-14-23/h4,6-7,9-14,16-17H,5,8,15H2,1-3H3. The first kappa shape index (κ1) is 23.8. The van der Waals surface area contributed by atoms with Crippen LogP contribution in [-0.4, -0.2) is 20.9 Å². The minimum absolute atomic E-state index is 0.00664. The largest absolute Gasteiger partial charge is 0.494 e. The van der Waals surface area contributed by atoms with E-state index < -0.39 is 15.9 Å². The Morgan fingerprint density at radius 3 is 2.31 bits per heavy atom. The van der Waals surface area contributed by atoms with Crippen LogP contribution in [-0.2, 0) is 14.8 Å². The second kappa shape index (κ2) is 10.2. The first-order valence-corrected chi connectivity index (χ1v) is 12.1. The van der Waals surface area contributed by atoms with Crippen LogP contribution in [0.25, 0.3) is 0 Å². The topological polar surface area (TPSA) is 63.7 Å². The highest BCUT2D eigenvalue weighted by Crippen LogP contribution is 2.29. The molecule has 7 heteroatoms. The van der Waals surface area contributed by atoms with E-state index in [1.54, 1.807) is 13.0 Å². The van der Waals surface area contributed by atoms with Gasteiger partial charge in [0.1, 0.15) is 5.75 Å². The van der Waals surface area contributed by atoms with E-state index in [1.165, 1.54) is 24.3 Å². The molecule has 3 aromatic rings. The number of sulfonamides is 1. The Kier molecular flexibility index (Phi) is 7.59. The van der Waals surface area contributed by atoms with Crippen LogP contribution in [0.2, 0.25) is 5.02 Å². The number of aryl methyl sites for hydroxylation is 3. The summed E-state index contributed by atoms with van der Waals surface area (Å²) < 4.78 is 33.6. The van der Waals surface area contributed by atoms with Gasteiger partial charge in [-0.05, 0) is 86.3 Å². The fourth-order valence-electron chi connectivity index (χ4n) is 3.27. The van der Waals surface area contributed by atoms with Gasteiger partial charge in [0, 0.05) is 11.4 Å². The second-order valence-electron chi connectivity index (χ2n) is 7.68. The number of hydrogen-bond donors (Lipinski definition) is 0. The lowest BCUT2D eigenvalue weighted by Gasteiger charge is -2.25. The van der Waals surface area contributed by atoms with Crippen molar-refractivity contribution in [2.75, 3.05) is 10.9 Å². The molecular weight excluding hydrogens is 446 g/mol. The van der Waals surface area contributed by atoms with Gasteiger partial charge >= 0.3 is 0 Å². The molecule has 0 aliphatic carbocycles. The molecule has 0 saturated heterocycles. The van der Waals surface area contributed by atoms with Gasteiger partial charge in [-0.25, -0.2) is 12.7 Å². The van der Waals surface area contributed by atoms with Gasteiger partial charge in [-0.15, -0.1) is 0 Å². The van der Waals surface area contributed by atoms with Crippen LogP contribution in [0.4, 0.5) is 5.69 Å². The molecule has 0 N–H and O–H groups in total. The fraction of sp³-hybridized carbons (Fsp3) is 0.240. The molecule has 168 valence electrons. The Balaban J connectivity index is 1.84. The summed E-state index contributed by atoms with van der Waals surface area (Å²) in [5, 5.41) is 0.418. The summed E-state index contributed by atoms with van der Waals surface area (Å²) in [5.74, 6) is 0.208. The maximum Gasteiger partial charge on any atom is 0.270 e. The van der Waals surface area contributed by atoms with Crippen molar-refractivity contribution in [1.82, 2.24) is 0 Å². The van der Waals surface area contributed by atoms with Crippen LogP contribution in [0.3, 0.4) is 0 Å². The lowest BCUT2D eigenvalue weighted by molar-refractivity contribution is -0.117. The number of benzene rings is 3. The van der Waals surface area contributed by atoms with Crippen molar-refractivity contribution in [1.29, 1.82) is 0 Å². The molecule has 3 rings (SSSR count). The van der Waals surface area contributed by atoms with Crippen LogP contribution in [0.5, 0.6) is 5.75 Å². The van der Waals surface area contributed by atoms with Gasteiger partial charge in [0.25, 0.3) is 10.0 Å². The zero-order valence-electron chi connectivity index (χ0n) is 18.3. The zero-order chi connectivity index (χ0) is 23.3. The molecule has 0 atom stereocenters. The Morgan fingerprint density at radius 1 is 0.938 bits per heavy atom. The summed E-state index contributed by atoms with van der Waals surface area (Å²) in [6.45, 7) is 5.92. The molecule has 5 nitrogen and oxygen atoms in total. The van der Waals surface area contributed by atoms with Crippen LogP contribution >= 0.6 is 11.6 Å². The molecule has 0 radical (unpaired) electrons. The van der Waals surface area contributed by atoms with E-state index in [0.717, 1.165) is 21.2 Å². The molecule has 0 fully saturated rings. The van der Waals surface area contributed by atoms with E-state index in [4.69, 9.17) is 16.3 Å². The van der Waals surface area contributed by atoms with Crippen LogP contribution in [0.15, 0.2) is 71.6 Å². The summed E-state index contributed by atoms with van der Waals surface area (Å²) in [4.78, 5) is 13.2. The van der Waals surface area contributed by atoms with Gasteiger partial charge < -0.3 is 4.74 Å². The van der Waals surface area contributed by atoms with Gasteiger partial charge in [0.05, 0.1) is 17.2 Å². The number of hydrogen-bond acceptors (Lipinski definition) is 4. The van der Waals surface area contributed by atoms with Crippen molar-refractivity contribution in [2.24, 2.45) is 0 Å². The lowest BCUT2D eigenvalue weighted by atomic mass is 10.1. The number of carbonyl (C=O) groups excluding carboxylic acids is 1. The first-order valence-electron chi connectivity index (χ1n) is 10.3. The molecule has 0 bridgehead atoms. The molecule has 1 amide bonds. The Morgan fingerprint density at radius 2 is 1.62 bits per heavy atom. The predicted molar refractivity (Wildman–Crippen MR) is 128 cm³/mol. The molecule has 32 heavy (non-hydrogen) atoms. The maximum absolute atomic E-state index is 13.5. The predicted octanol–water partition coefficient (Wildman–Crippen LogP) is 5.85. The van der Waals surface area contributed by atoms with E-state index in [0.29, 0.717) is 29.3 Å². The highest BCUT2D eigenvalue weighted by molar-refractivity contribution is 7.93. The van der Waals surface area contributed by atoms with Gasteiger partial charge in [0.15, 0.2) is 0 Å². The average molecular weight is 472 g/mol. The van der Waals surface area contributed by atoms with Crippen molar-refractivity contribution >= 4 is 33.2 Å². The van der Waals surface area contributed by atoms with Gasteiger partial charge in [0.2, 0.25) is 5.91 Å². The van der Waals surface area contributed by atoms with Crippen LogP contribution in [0.1, 0.15) is 29.5 Å². The van der Waals surface area contributed by atoms with Crippen LogP contribution < -0.4 is 9.04 Å². The Hall–Kier alpha value is -2.83. The molecule has 0 aromatic heterocycles. The quantitative estimate of drug-likeness (QED) is 0.387. The molecule has 0 aliphatic rings. The van der Waals surface area contributed by atoms with E-state index in [2.05, 4.69) is 0 Å². The third kappa shape index (κ3) is 5.69. The molecule has 0 saturated carbocycles. The third-order valence-electron chi connectivity index (χ3n) is 4.96. The Labute approximate surface area is 194 Å². The summed E-state index contributed by atoms with van der Waals surface area (Å²) >= 11 is 5.92. The molecular formula is C25H26ClNO4S. The fourth-order valence-corrected chi connectivity index (χ4v) is 4.90. The normalized spacial score (nSPS) is 11.2. The van der Waals surface area contributed by atoms with E-state index >= 15 is 0 Å². The van der Waals surface area contributed by atoms with Crippen molar-refractivity contribution in [2.45, 2.75) is 38.5 Å². The van der Waals surface area contributed by atoms with Gasteiger partial charge in [-0.1, -0.05) is 35.9 Å². The van der Waals surface area contributed by atoms with Crippen LogP contribution in [0, 0.1) is 20.8 Å². The SMILES string of the molecule is Cc1cccc(OCCCC(=O)N(c2cc(C)ccc2C)S(=O)(=O)c2ccc(Cl)cc2)c1. The number of halogens is 1. The molecule has 0 heterocycles. The summed E-state index contributed by atoms with van der Waals surface area (Å²) in [6, 6.07) is 18.8. The molecule has 0 unspecified atom stereocenters. The molecule has 0 spiro atoms. The highest BCUT2D eigenvalue weighted by atomic mass is 35.5. The summed E-state index contributed by atoms with van der Waals surface area (Å²) in [6.07, 6.45) is 0.399. The number of rotatable bonds is 8. The second-order valence-corrected chi connectivity index (χ2v) is 9.90. The molecule has 0 aliphatic heterocycles. The van der Waals surface area contributed by atoms with Gasteiger partial charge in [-0.3, -0.25) is 4.79 Å². The maximum atomic E-state index is 13.5. The monoisotopic (exact) mass is 471 g/mol. The number of nitrogens with zero attached hydrogens (tertiary/aromatic N) is 1. The lowest BCUT2D eigenvalue weighted by Crippen LogP contribution is -2.37. The van der Waals surface area contributed by atoms with E-state index in [9.17, 15) is 13.2 Å². The number of anilines is 1. The summed E-state index contributed by atoms with van der Waals surface area (Å²) in [5.41, 5.74) is 2.98. The van der Waals surface area contributed by atoms with E-state index in [-0.39, 0.29) is 11.3 Å². The number of amides is 1. The van der Waals surface area contributed by atoms with Crippen molar-refractivity contribution in [3.05, 3.63) is 88.4 Å². The third-order valence-corrected chi connectivity index (χ3v) is 6.96. The Bertz CT molecular complexity index is 1210. The van der Waals surface area contributed by atoms with Crippen molar-refractivity contribution in [3.8, 4) is 5.75 Å². The number of ether oxygens (including phenoxy) is 1. The minimum atomic E-state index is -4.12. The van der Waals surface area contributed by atoms with Gasteiger partial charge in [-0.2, -0.15) is 0 Å². The van der Waals surface area contributed by atoms with Crippen molar-refractivity contribution in [3.63, 3.8) is 0 Å². The smallest absolute Gasteiger partial charge is 0.270 e. The molecule has 3 aromatic carbocycles. The summed E-state index contributed by atoms with van der Waals surface area (Å²) in [7, 11) is -4.12. The average Bonchev–Trinajstić information content (AvgIpc) is 2.74. The highest BCUT2D eigenvalue weighted by Gasteiger charge is 2.31. The zero-order valence-corrected chi connectivity index (χ0v) is 19.9. The van der Waals surface area contributed by atoms with E-state index in [1.807, 2.05) is 50.2 Å². The van der Waals surface area contributed by atoms with Crippen molar-refractivity contribution < 1.29 is 17.9 Å². The first-order chi connectivity index (χ1) is 15.2.